The second-order valence-corrected chi connectivity index (χ2v) is 7.68. The number of amides is 1. The molecule has 3 N–H and O–H groups in total. The van der Waals surface area contributed by atoms with E-state index < -0.39 is 5.82 Å². The first kappa shape index (κ1) is 21.3. The van der Waals surface area contributed by atoms with Crippen LogP contribution in [0, 0.1) is 5.82 Å². The molecule has 0 saturated carbocycles. The Bertz CT molecular complexity index is 1190. The largest absolute Gasteiger partial charge is 0.489 e. The summed E-state index contributed by atoms with van der Waals surface area (Å²) in [5.74, 6) is 0.138. The topological polar surface area (TPSA) is 81.4 Å². The van der Waals surface area contributed by atoms with Crippen LogP contribution in [0.3, 0.4) is 0 Å². The summed E-state index contributed by atoms with van der Waals surface area (Å²) in [5.41, 5.74) is 9.93. The van der Waals surface area contributed by atoms with Crippen molar-refractivity contribution in [3.8, 4) is 5.75 Å². The van der Waals surface area contributed by atoms with E-state index in [1.165, 1.54) is 18.2 Å². The fourth-order valence-electron chi connectivity index (χ4n) is 3.60. The first-order chi connectivity index (χ1) is 15.5. The number of nitrogens with one attached hydrogen (secondary N) is 1. The first-order valence-corrected chi connectivity index (χ1v) is 10.4. The van der Waals surface area contributed by atoms with E-state index in [0.717, 1.165) is 46.9 Å². The highest BCUT2D eigenvalue weighted by Crippen LogP contribution is 2.26. The average molecular weight is 430 g/mol. The van der Waals surface area contributed by atoms with Gasteiger partial charge in [-0.2, -0.15) is 0 Å². The van der Waals surface area contributed by atoms with Crippen molar-refractivity contribution in [2.45, 2.75) is 25.9 Å². The van der Waals surface area contributed by atoms with Crippen molar-refractivity contribution in [3.05, 3.63) is 94.8 Å². The number of Topliss-reactive ketones (excluding diaryl/α,β-unsaturated/α-hetero) is 1. The standard InChI is InChI=1S/C26H23FN2O3/c27-20-9-12-24(23(28)15-20)29-26(31)13-8-17-4-6-18(7-5-17)16-32-21-10-11-22-19(14-21)2-1-3-25(22)30/h4-15H,1-3,16,28H2,(H,29,31)/b13-8+. The number of fused-ring (bicyclic) bond motifs is 1. The number of nitrogen functional groups attached to an aromatic ring is 1. The number of benzene rings is 3. The summed E-state index contributed by atoms with van der Waals surface area (Å²) in [6, 6.07) is 17.1. The number of rotatable bonds is 6. The van der Waals surface area contributed by atoms with Gasteiger partial charge < -0.3 is 15.8 Å². The second-order valence-electron chi connectivity index (χ2n) is 7.68. The highest BCUT2D eigenvalue weighted by molar-refractivity contribution is 6.03. The smallest absolute Gasteiger partial charge is 0.248 e. The molecule has 0 aliphatic heterocycles. The molecule has 6 heteroatoms. The number of ether oxygens (including phenoxy) is 1. The Kier molecular flexibility index (Phi) is 6.31. The van der Waals surface area contributed by atoms with Crippen molar-refractivity contribution in [2.24, 2.45) is 0 Å². The predicted molar refractivity (Wildman–Crippen MR) is 123 cm³/mol. The summed E-state index contributed by atoms with van der Waals surface area (Å²) in [7, 11) is 0. The quantitative estimate of drug-likeness (QED) is 0.418. The molecule has 0 heterocycles. The first-order valence-electron chi connectivity index (χ1n) is 10.4. The van der Waals surface area contributed by atoms with Gasteiger partial charge in [0.1, 0.15) is 18.2 Å². The summed E-state index contributed by atoms with van der Waals surface area (Å²) in [6.07, 6.45) is 5.49. The number of anilines is 2. The molecule has 1 aliphatic carbocycles. The molecule has 0 spiro atoms. The van der Waals surface area contributed by atoms with Crippen LogP contribution in [0.5, 0.6) is 5.75 Å². The average Bonchev–Trinajstić information content (AvgIpc) is 2.79. The van der Waals surface area contributed by atoms with Crippen molar-refractivity contribution in [2.75, 3.05) is 11.1 Å². The summed E-state index contributed by atoms with van der Waals surface area (Å²) in [5, 5.41) is 2.62. The van der Waals surface area contributed by atoms with Crippen LogP contribution in [-0.2, 0) is 17.8 Å². The van der Waals surface area contributed by atoms with Crippen LogP contribution >= 0.6 is 0 Å². The SMILES string of the molecule is Nc1cc(F)ccc1NC(=O)/C=C/c1ccc(COc2ccc3c(c2)CCCC3=O)cc1. The van der Waals surface area contributed by atoms with Gasteiger partial charge in [0.25, 0.3) is 0 Å². The van der Waals surface area contributed by atoms with Crippen molar-refractivity contribution in [3.63, 3.8) is 0 Å². The van der Waals surface area contributed by atoms with E-state index in [1.54, 1.807) is 6.08 Å². The van der Waals surface area contributed by atoms with E-state index >= 15 is 0 Å². The number of nitrogens with two attached hydrogens (primary N) is 1. The molecular weight excluding hydrogens is 407 g/mol. The molecule has 0 radical (unpaired) electrons. The fourth-order valence-corrected chi connectivity index (χ4v) is 3.60. The minimum atomic E-state index is -0.457. The van der Waals surface area contributed by atoms with E-state index in [-0.39, 0.29) is 17.4 Å². The van der Waals surface area contributed by atoms with Gasteiger partial charge in [-0.15, -0.1) is 0 Å². The Balaban J connectivity index is 1.32. The van der Waals surface area contributed by atoms with Crippen LogP contribution in [0.25, 0.3) is 6.08 Å². The molecular formula is C26H23FN2O3. The maximum absolute atomic E-state index is 13.1. The van der Waals surface area contributed by atoms with Gasteiger partial charge in [-0.1, -0.05) is 24.3 Å². The van der Waals surface area contributed by atoms with Gasteiger partial charge >= 0.3 is 0 Å². The lowest BCUT2D eigenvalue weighted by Gasteiger charge is -2.16. The minimum absolute atomic E-state index is 0.168. The Morgan fingerprint density at radius 3 is 2.66 bits per heavy atom. The zero-order valence-corrected chi connectivity index (χ0v) is 17.4. The van der Waals surface area contributed by atoms with Crippen molar-refractivity contribution < 1.29 is 18.7 Å². The van der Waals surface area contributed by atoms with Crippen LogP contribution in [-0.4, -0.2) is 11.7 Å². The maximum atomic E-state index is 13.1. The van der Waals surface area contributed by atoms with Gasteiger partial charge in [-0.05, 0) is 72.0 Å². The fraction of sp³-hybridized carbons (Fsp3) is 0.154. The normalized spacial score (nSPS) is 13.1. The highest BCUT2D eigenvalue weighted by atomic mass is 19.1. The van der Waals surface area contributed by atoms with Crippen LogP contribution in [0.4, 0.5) is 15.8 Å². The monoisotopic (exact) mass is 430 g/mol. The third-order valence-electron chi connectivity index (χ3n) is 5.31. The Labute approximate surface area is 185 Å². The van der Waals surface area contributed by atoms with E-state index in [4.69, 9.17) is 10.5 Å². The molecule has 1 amide bonds. The van der Waals surface area contributed by atoms with Crippen LogP contribution in [0.15, 0.2) is 66.7 Å². The number of hydrogen-bond donors (Lipinski definition) is 2. The van der Waals surface area contributed by atoms with Gasteiger partial charge in [0, 0.05) is 18.1 Å². The van der Waals surface area contributed by atoms with Crippen LogP contribution in [0.1, 0.15) is 39.9 Å². The van der Waals surface area contributed by atoms with E-state index in [1.807, 2.05) is 42.5 Å². The number of aryl methyl sites for hydroxylation is 1. The highest BCUT2D eigenvalue weighted by Gasteiger charge is 2.17. The summed E-state index contributed by atoms with van der Waals surface area (Å²) >= 11 is 0. The summed E-state index contributed by atoms with van der Waals surface area (Å²) in [4.78, 5) is 24.0. The molecule has 0 aromatic heterocycles. The number of halogens is 1. The zero-order chi connectivity index (χ0) is 22.5. The lowest BCUT2D eigenvalue weighted by Crippen LogP contribution is -2.10. The molecule has 3 aromatic carbocycles. The third-order valence-corrected chi connectivity index (χ3v) is 5.31. The van der Waals surface area contributed by atoms with E-state index in [9.17, 15) is 14.0 Å². The molecule has 32 heavy (non-hydrogen) atoms. The van der Waals surface area contributed by atoms with E-state index in [2.05, 4.69) is 5.32 Å². The number of carbonyl (C=O) groups is 2. The number of carbonyl (C=O) groups excluding carboxylic acids is 2. The molecule has 0 unspecified atom stereocenters. The lowest BCUT2D eigenvalue weighted by atomic mass is 9.90. The van der Waals surface area contributed by atoms with Crippen molar-refractivity contribution in [1.29, 1.82) is 0 Å². The summed E-state index contributed by atoms with van der Waals surface area (Å²) in [6.45, 7) is 0.404. The molecule has 3 aromatic rings. The Hall–Kier alpha value is -3.93. The minimum Gasteiger partial charge on any atom is -0.489 e. The van der Waals surface area contributed by atoms with Gasteiger partial charge in [-0.3, -0.25) is 9.59 Å². The number of hydrogen-bond acceptors (Lipinski definition) is 4. The predicted octanol–water partition coefficient (Wildman–Crippen LogP) is 5.16. The number of ketones is 1. The Morgan fingerprint density at radius 1 is 1.06 bits per heavy atom. The van der Waals surface area contributed by atoms with Gasteiger partial charge in [-0.25, -0.2) is 4.39 Å². The molecule has 1 aliphatic rings. The third kappa shape index (κ3) is 5.21. The van der Waals surface area contributed by atoms with Gasteiger partial charge in [0.2, 0.25) is 5.91 Å². The van der Waals surface area contributed by atoms with Gasteiger partial charge in [0.15, 0.2) is 5.78 Å². The van der Waals surface area contributed by atoms with Crippen molar-refractivity contribution in [1.82, 2.24) is 0 Å². The maximum Gasteiger partial charge on any atom is 0.248 e. The molecule has 0 fully saturated rings. The van der Waals surface area contributed by atoms with E-state index in [0.29, 0.717) is 18.7 Å². The van der Waals surface area contributed by atoms with Crippen molar-refractivity contribution >= 4 is 29.1 Å². The molecule has 0 saturated heterocycles. The molecule has 0 atom stereocenters. The molecule has 4 rings (SSSR count). The molecule has 0 bridgehead atoms. The van der Waals surface area contributed by atoms with Gasteiger partial charge in [0.05, 0.1) is 11.4 Å². The second kappa shape index (κ2) is 9.47. The zero-order valence-electron chi connectivity index (χ0n) is 17.4. The summed E-state index contributed by atoms with van der Waals surface area (Å²) < 4.78 is 19.0. The Morgan fingerprint density at radius 2 is 1.88 bits per heavy atom. The molecule has 5 nitrogen and oxygen atoms in total. The van der Waals surface area contributed by atoms with Crippen LogP contribution < -0.4 is 15.8 Å². The lowest BCUT2D eigenvalue weighted by molar-refractivity contribution is -0.111. The van der Waals surface area contributed by atoms with Crippen LogP contribution in [0.2, 0.25) is 0 Å². The molecule has 162 valence electrons.